The van der Waals surface area contributed by atoms with Crippen molar-refractivity contribution in [3.8, 4) is 56.6 Å². The van der Waals surface area contributed by atoms with E-state index >= 15 is 0 Å². The smallest absolute Gasteiger partial charge is 0.550 e. The summed E-state index contributed by atoms with van der Waals surface area (Å²) >= 11 is 0. The van der Waals surface area contributed by atoms with Crippen LogP contribution in [-0.2, 0) is 31.5 Å². The number of pyridine rings is 2. The molecule has 0 spiro atoms. The van der Waals surface area contributed by atoms with Gasteiger partial charge in [0.05, 0.1) is 36.7 Å². The molecule has 0 saturated heterocycles. The van der Waals surface area contributed by atoms with Gasteiger partial charge >= 0.3 is 17.1 Å². The zero-order chi connectivity index (χ0) is 31.8. The third kappa shape index (κ3) is 12.9. The Labute approximate surface area is 258 Å². The van der Waals surface area contributed by atoms with E-state index in [9.17, 15) is 10.2 Å². The number of phenols is 2. The first-order chi connectivity index (χ1) is 19.8. The normalized spacial score (nSPS) is 9.14. The molecule has 4 aromatic rings. The predicted octanol–water partition coefficient (Wildman–Crippen LogP) is 1.17. The number of carbonyl (C=O) groups excluding carboxylic acids is 3. The Balaban J connectivity index is 0.00000116. The molecule has 0 fully saturated rings. The molecule has 0 aliphatic heterocycles. The maximum atomic E-state index is 10.2. The third-order valence-corrected chi connectivity index (χ3v) is 4.82. The number of nitrogens with zero attached hydrogens (tertiary/aromatic N) is 2. The molecule has 2 aromatic carbocycles. The minimum Gasteiger partial charge on any atom is -0.550 e. The molecule has 2 heterocycles. The summed E-state index contributed by atoms with van der Waals surface area (Å²) < 4.78 is 10.7. The Morgan fingerprint density at radius 3 is 1.14 bits per heavy atom. The van der Waals surface area contributed by atoms with Crippen LogP contribution in [0.25, 0.3) is 33.6 Å². The third-order valence-electron chi connectivity index (χ3n) is 4.82. The minimum atomic E-state index is -1.08. The molecular weight excluding hydrogens is 603 g/mol. The fourth-order valence-corrected chi connectivity index (χ4v) is 3.35. The molecule has 226 valence electrons. The summed E-state index contributed by atoms with van der Waals surface area (Å²) in [5, 5.41) is 47.1. The molecular formula is C30H29MnN2O10. The van der Waals surface area contributed by atoms with Gasteiger partial charge in [-0.3, -0.25) is 9.97 Å². The Morgan fingerprint density at radius 1 is 0.605 bits per heavy atom. The van der Waals surface area contributed by atoms with E-state index in [4.69, 9.17) is 39.2 Å². The van der Waals surface area contributed by atoms with Crippen LogP contribution in [0.5, 0.6) is 23.0 Å². The number of ether oxygens (including phenoxy) is 2. The quantitative estimate of drug-likeness (QED) is 0.298. The van der Waals surface area contributed by atoms with Gasteiger partial charge in [-0.05, 0) is 57.2 Å². The second-order valence-corrected chi connectivity index (χ2v) is 8.05. The molecule has 2 N–H and O–H groups in total. The van der Waals surface area contributed by atoms with Crippen molar-refractivity contribution in [3.05, 3.63) is 73.1 Å². The number of carboxylic acids is 3. The Bertz CT molecular complexity index is 1340. The van der Waals surface area contributed by atoms with Crippen LogP contribution in [0.1, 0.15) is 20.8 Å². The SMILES string of the molecule is CC(=O)[O-].CC(=O)[O-].CC(=O)[O-].COc1cccc(O)c1-c1ccc(-c2ccc(-c3c(O)cccc3OC)cn2)nc1.[Mn+3]. The molecule has 0 amide bonds. The van der Waals surface area contributed by atoms with Gasteiger partial charge in [0.2, 0.25) is 0 Å². The fourth-order valence-electron chi connectivity index (χ4n) is 3.35. The molecule has 4 rings (SSSR count). The van der Waals surface area contributed by atoms with Crippen molar-refractivity contribution in [2.45, 2.75) is 20.8 Å². The zero-order valence-electron chi connectivity index (χ0n) is 23.9. The summed E-state index contributed by atoms with van der Waals surface area (Å²) in [7, 11) is 3.12. The molecule has 0 aliphatic carbocycles. The Kier molecular flexibility index (Phi) is 16.8. The van der Waals surface area contributed by atoms with E-state index in [0.717, 1.165) is 31.9 Å². The first-order valence-corrected chi connectivity index (χ1v) is 12.0. The van der Waals surface area contributed by atoms with Gasteiger partial charge in [-0.1, -0.05) is 24.3 Å². The van der Waals surface area contributed by atoms with Crippen LogP contribution in [0.4, 0.5) is 0 Å². The molecule has 0 bridgehead atoms. The van der Waals surface area contributed by atoms with Crippen molar-refractivity contribution in [1.29, 1.82) is 0 Å². The van der Waals surface area contributed by atoms with Crippen molar-refractivity contribution < 1.29 is 66.5 Å². The summed E-state index contributed by atoms with van der Waals surface area (Å²) in [4.78, 5) is 35.7. The molecule has 0 unspecified atom stereocenters. The van der Waals surface area contributed by atoms with E-state index in [1.807, 2.05) is 24.3 Å². The topological polar surface area (TPSA) is 205 Å². The van der Waals surface area contributed by atoms with Crippen LogP contribution < -0.4 is 24.8 Å². The zero-order valence-corrected chi connectivity index (χ0v) is 25.0. The number of methoxy groups -OCH3 is 2. The van der Waals surface area contributed by atoms with Crippen LogP contribution in [0.2, 0.25) is 0 Å². The Hall–Kier alpha value is -5.13. The van der Waals surface area contributed by atoms with E-state index < -0.39 is 17.9 Å². The summed E-state index contributed by atoms with van der Waals surface area (Å²) in [5.41, 5.74) is 4.03. The molecule has 0 radical (unpaired) electrons. The number of carboxylic acid groups (broad SMARTS) is 3. The second-order valence-electron chi connectivity index (χ2n) is 8.05. The minimum absolute atomic E-state index is 0. The van der Waals surface area contributed by atoms with Crippen LogP contribution in [-0.4, -0.2) is 52.3 Å². The number of rotatable bonds is 5. The number of carbonyl (C=O) groups is 3. The molecule has 13 heteroatoms. The van der Waals surface area contributed by atoms with Gasteiger partial charge in [-0.25, -0.2) is 0 Å². The van der Waals surface area contributed by atoms with Crippen LogP contribution in [0.3, 0.4) is 0 Å². The molecule has 0 saturated carbocycles. The summed E-state index contributed by atoms with van der Waals surface area (Å²) in [6, 6.07) is 17.7. The predicted molar refractivity (Wildman–Crippen MR) is 147 cm³/mol. The van der Waals surface area contributed by atoms with Crippen LogP contribution in [0, 0.1) is 0 Å². The van der Waals surface area contributed by atoms with E-state index in [1.54, 1.807) is 63.0 Å². The van der Waals surface area contributed by atoms with E-state index in [2.05, 4.69) is 9.97 Å². The second kappa shape index (κ2) is 19.1. The van der Waals surface area contributed by atoms with Gasteiger partial charge in [-0.15, -0.1) is 0 Å². The van der Waals surface area contributed by atoms with Crippen molar-refractivity contribution in [3.63, 3.8) is 0 Å². The maximum absolute atomic E-state index is 10.2. The van der Waals surface area contributed by atoms with Gasteiger partial charge in [0, 0.05) is 41.4 Å². The van der Waals surface area contributed by atoms with Crippen molar-refractivity contribution >= 4 is 17.9 Å². The number of aromatic hydroxyl groups is 2. The number of phenolic OH excluding ortho intramolecular Hbond substituents is 2. The van der Waals surface area contributed by atoms with E-state index in [0.29, 0.717) is 34.0 Å². The summed E-state index contributed by atoms with van der Waals surface area (Å²) in [5.74, 6) is -1.85. The first-order valence-electron chi connectivity index (χ1n) is 12.0. The van der Waals surface area contributed by atoms with Crippen molar-refractivity contribution in [2.75, 3.05) is 14.2 Å². The summed E-state index contributed by atoms with van der Waals surface area (Å²) in [6.45, 7) is 2.92. The number of hydrogen-bond acceptors (Lipinski definition) is 12. The summed E-state index contributed by atoms with van der Waals surface area (Å²) in [6.07, 6.45) is 3.35. The van der Waals surface area contributed by atoms with E-state index in [1.165, 1.54) is 0 Å². The molecule has 0 aliphatic rings. The van der Waals surface area contributed by atoms with Crippen molar-refractivity contribution in [1.82, 2.24) is 9.97 Å². The maximum Gasteiger partial charge on any atom is 3.00 e. The number of aliphatic carboxylic acids is 3. The molecule has 43 heavy (non-hydrogen) atoms. The van der Waals surface area contributed by atoms with Gasteiger partial charge in [-0.2, -0.15) is 0 Å². The Morgan fingerprint density at radius 2 is 0.907 bits per heavy atom. The van der Waals surface area contributed by atoms with Crippen LogP contribution in [0.15, 0.2) is 73.1 Å². The van der Waals surface area contributed by atoms with Gasteiger partial charge < -0.3 is 49.4 Å². The molecule has 12 nitrogen and oxygen atoms in total. The van der Waals surface area contributed by atoms with Crippen LogP contribution >= 0.6 is 0 Å². The number of aromatic nitrogens is 2. The molecule has 2 aromatic heterocycles. The van der Waals surface area contributed by atoms with Crippen molar-refractivity contribution in [2.24, 2.45) is 0 Å². The average molecular weight is 633 g/mol. The average Bonchev–Trinajstić information content (AvgIpc) is 2.92. The largest absolute Gasteiger partial charge is 3.00 e. The molecule has 0 atom stereocenters. The van der Waals surface area contributed by atoms with Gasteiger partial charge in [0.1, 0.15) is 23.0 Å². The number of benzene rings is 2. The monoisotopic (exact) mass is 632 g/mol. The first kappa shape index (κ1) is 37.9. The van der Waals surface area contributed by atoms with Gasteiger partial charge in [0.15, 0.2) is 0 Å². The van der Waals surface area contributed by atoms with E-state index in [-0.39, 0.29) is 28.6 Å². The number of hydrogen-bond donors (Lipinski definition) is 2. The standard InChI is InChI=1S/C24H20N2O4.3C2H4O2.Mn/c1-29-21-7-3-5-19(27)23(21)15-9-11-17(25-13-15)18-12-10-16(14-26-18)24-20(28)6-4-8-22(24)30-2;3*1-2(3)4;/h3-14,27-28H,1-2H3;3*1H3,(H,3,4);/q;;;;+3/p-3. The van der Waals surface area contributed by atoms with Gasteiger partial charge in [0.25, 0.3) is 0 Å². The fraction of sp³-hybridized carbons (Fsp3) is 0.167.